The number of fused-ring (bicyclic) bond motifs is 1. The molecule has 0 radical (unpaired) electrons. The first-order valence-corrected chi connectivity index (χ1v) is 8.76. The Kier molecular flexibility index (Phi) is 4.84. The second-order valence-electron chi connectivity index (χ2n) is 5.77. The molecule has 5 nitrogen and oxygen atoms in total. The Bertz CT molecular complexity index is 750. The summed E-state index contributed by atoms with van der Waals surface area (Å²) < 4.78 is 1.78. The Balaban J connectivity index is 1.81. The van der Waals surface area contributed by atoms with Gasteiger partial charge in [-0.15, -0.1) is 5.10 Å². The molecule has 0 aliphatic heterocycles. The quantitative estimate of drug-likeness (QED) is 0.707. The zero-order valence-electron chi connectivity index (χ0n) is 13.0. The summed E-state index contributed by atoms with van der Waals surface area (Å²) in [4.78, 5) is 5.45. The van der Waals surface area contributed by atoms with Gasteiger partial charge in [-0.05, 0) is 24.5 Å². The Morgan fingerprint density at radius 3 is 2.65 bits per heavy atom. The summed E-state index contributed by atoms with van der Waals surface area (Å²) in [5, 5.41) is 18.6. The standard InChI is InChI=1S/C16H19ClN4OS/c1-10(2)13(7-8-22)18-15-20-21-9-14(19-16(21)23-15)11-3-5-12(17)6-4-11/h3-6,9-10,13,22H,7-8H2,1-2H3,(H,18,20). The molecule has 0 aliphatic rings. The maximum Gasteiger partial charge on any atom is 0.214 e. The Labute approximate surface area is 143 Å². The molecule has 1 atom stereocenters. The maximum atomic E-state index is 9.16. The second kappa shape index (κ2) is 6.86. The van der Waals surface area contributed by atoms with Crippen LogP contribution in [0.2, 0.25) is 5.02 Å². The van der Waals surface area contributed by atoms with Gasteiger partial charge in [-0.25, -0.2) is 9.50 Å². The average molecular weight is 351 g/mol. The van der Waals surface area contributed by atoms with Gasteiger partial charge in [0.05, 0.1) is 11.9 Å². The molecule has 2 N–H and O–H groups in total. The van der Waals surface area contributed by atoms with E-state index in [1.807, 2.05) is 30.5 Å². The van der Waals surface area contributed by atoms with E-state index in [1.54, 1.807) is 4.52 Å². The van der Waals surface area contributed by atoms with Gasteiger partial charge in [0.1, 0.15) is 0 Å². The van der Waals surface area contributed by atoms with Crippen molar-refractivity contribution in [3.63, 3.8) is 0 Å². The van der Waals surface area contributed by atoms with Gasteiger partial charge in [0.2, 0.25) is 10.1 Å². The van der Waals surface area contributed by atoms with Crippen LogP contribution in [0.15, 0.2) is 30.5 Å². The molecule has 1 aromatic carbocycles. The molecule has 0 aliphatic carbocycles. The van der Waals surface area contributed by atoms with E-state index in [4.69, 9.17) is 16.7 Å². The molecule has 0 fully saturated rings. The van der Waals surface area contributed by atoms with Crippen LogP contribution in [0.25, 0.3) is 16.2 Å². The average Bonchev–Trinajstić information content (AvgIpc) is 3.05. The fraction of sp³-hybridized carbons (Fsp3) is 0.375. The summed E-state index contributed by atoms with van der Waals surface area (Å²) in [5.41, 5.74) is 1.89. The predicted molar refractivity (Wildman–Crippen MR) is 95.3 cm³/mol. The highest BCUT2D eigenvalue weighted by Gasteiger charge is 2.16. The zero-order chi connectivity index (χ0) is 16.4. The maximum absolute atomic E-state index is 9.16. The number of halogens is 1. The summed E-state index contributed by atoms with van der Waals surface area (Å²) in [6, 6.07) is 7.81. The van der Waals surface area contributed by atoms with E-state index in [-0.39, 0.29) is 12.6 Å². The molecule has 3 rings (SSSR count). The number of imidazole rings is 1. The number of benzene rings is 1. The highest BCUT2D eigenvalue weighted by atomic mass is 35.5. The largest absolute Gasteiger partial charge is 0.396 e. The van der Waals surface area contributed by atoms with Crippen LogP contribution in [0, 0.1) is 5.92 Å². The number of hydrogen-bond acceptors (Lipinski definition) is 5. The molecule has 0 amide bonds. The van der Waals surface area contributed by atoms with Crippen LogP contribution in [-0.2, 0) is 0 Å². The van der Waals surface area contributed by atoms with Crippen LogP contribution < -0.4 is 5.32 Å². The van der Waals surface area contributed by atoms with Crippen molar-refractivity contribution in [3.05, 3.63) is 35.5 Å². The van der Waals surface area contributed by atoms with Crippen molar-refractivity contribution in [3.8, 4) is 11.3 Å². The van der Waals surface area contributed by atoms with Crippen molar-refractivity contribution < 1.29 is 5.11 Å². The van der Waals surface area contributed by atoms with Gasteiger partial charge >= 0.3 is 0 Å². The predicted octanol–water partition coefficient (Wildman–Crippen LogP) is 3.93. The van der Waals surface area contributed by atoms with E-state index in [0.29, 0.717) is 17.4 Å². The number of aliphatic hydroxyl groups is 1. The molecule has 2 heterocycles. The topological polar surface area (TPSA) is 62.5 Å². The molecule has 0 spiro atoms. The minimum absolute atomic E-state index is 0.166. The van der Waals surface area contributed by atoms with Gasteiger partial charge in [-0.1, -0.05) is 48.9 Å². The Hall–Kier alpha value is -1.63. The van der Waals surface area contributed by atoms with E-state index in [1.165, 1.54) is 11.3 Å². The van der Waals surface area contributed by atoms with E-state index in [2.05, 4.69) is 29.2 Å². The summed E-state index contributed by atoms with van der Waals surface area (Å²) in [6.45, 7) is 4.43. The van der Waals surface area contributed by atoms with Crippen LogP contribution in [0.3, 0.4) is 0 Å². The third-order valence-electron chi connectivity index (χ3n) is 3.74. The lowest BCUT2D eigenvalue weighted by Gasteiger charge is -2.20. The lowest BCUT2D eigenvalue weighted by molar-refractivity contribution is 0.267. The molecule has 7 heteroatoms. The smallest absolute Gasteiger partial charge is 0.214 e. The van der Waals surface area contributed by atoms with Crippen molar-refractivity contribution in [1.82, 2.24) is 14.6 Å². The molecule has 122 valence electrons. The van der Waals surface area contributed by atoms with Crippen molar-refractivity contribution in [1.29, 1.82) is 0 Å². The third kappa shape index (κ3) is 3.65. The molecule has 1 unspecified atom stereocenters. The number of nitrogens with zero attached hydrogens (tertiary/aromatic N) is 3. The van der Waals surface area contributed by atoms with Crippen LogP contribution in [0.4, 0.5) is 5.13 Å². The fourth-order valence-electron chi connectivity index (χ4n) is 2.39. The first-order chi connectivity index (χ1) is 11.1. The highest BCUT2D eigenvalue weighted by Crippen LogP contribution is 2.26. The number of anilines is 1. The number of aliphatic hydroxyl groups excluding tert-OH is 1. The fourth-order valence-corrected chi connectivity index (χ4v) is 3.36. The van der Waals surface area contributed by atoms with Gasteiger partial charge < -0.3 is 10.4 Å². The molecule has 23 heavy (non-hydrogen) atoms. The highest BCUT2D eigenvalue weighted by molar-refractivity contribution is 7.20. The first kappa shape index (κ1) is 16.2. The van der Waals surface area contributed by atoms with Gasteiger partial charge in [-0.3, -0.25) is 0 Å². The van der Waals surface area contributed by atoms with Crippen molar-refractivity contribution in [2.24, 2.45) is 5.92 Å². The second-order valence-corrected chi connectivity index (χ2v) is 7.17. The van der Waals surface area contributed by atoms with Gasteiger partial charge in [0, 0.05) is 23.2 Å². The number of hydrogen-bond donors (Lipinski definition) is 2. The number of aromatic nitrogens is 3. The zero-order valence-corrected chi connectivity index (χ0v) is 14.6. The number of nitrogens with one attached hydrogen (secondary N) is 1. The van der Waals surface area contributed by atoms with E-state index in [9.17, 15) is 0 Å². The number of rotatable bonds is 6. The summed E-state index contributed by atoms with van der Waals surface area (Å²) in [5.74, 6) is 0.419. The Morgan fingerprint density at radius 2 is 2.04 bits per heavy atom. The SMILES string of the molecule is CC(C)C(CCO)Nc1nn2cc(-c3ccc(Cl)cc3)nc2s1. The van der Waals surface area contributed by atoms with Gasteiger partial charge in [0.25, 0.3) is 0 Å². The van der Waals surface area contributed by atoms with E-state index in [0.717, 1.165) is 21.3 Å². The Morgan fingerprint density at radius 1 is 1.30 bits per heavy atom. The minimum atomic E-state index is 0.166. The van der Waals surface area contributed by atoms with Crippen LogP contribution in [-0.4, -0.2) is 32.4 Å². The first-order valence-electron chi connectivity index (χ1n) is 7.56. The van der Waals surface area contributed by atoms with Crippen LogP contribution in [0.1, 0.15) is 20.3 Å². The van der Waals surface area contributed by atoms with Gasteiger partial charge in [0.15, 0.2) is 0 Å². The minimum Gasteiger partial charge on any atom is -0.396 e. The molecule has 2 aromatic heterocycles. The van der Waals surface area contributed by atoms with Gasteiger partial charge in [-0.2, -0.15) is 0 Å². The summed E-state index contributed by atoms with van der Waals surface area (Å²) in [7, 11) is 0. The third-order valence-corrected chi connectivity index (χ3v) is 4.84. The summed E-state index contributed by atoms with van der Waals surface area (Å²) >= 11 is 7.42. The summed E-state index contributed by atoms with van der Waals surface area (Å²) in [6.07, 6.45) is 2.62. The van der Waals surface area contributed by atoms with E-state index < -0.39 is 0 Å². The normalized spacial score (nSPS) is 12.9. The molecule has 0 saturated heterocycles. The van der Waals surface area contributed by atoms with Crippen molar-refractivity contribution >= 4 is 33.0 Å². The van der Waals surface area contributed by atoms with Crippen molar-refractivity contribution in [2.45, 2.75) is 26.3 Å². The lowest BCUT2D eigenvalue weighted by Crippen LogP contribution is -2.26. The lowest BCUT2D eigenvalue weighted by atomic mass is 10.0. The van der Waals surface area contributed by atoms with Crippen LogP contribution in [0.5, 0.6) is 0 Å². The van der Waals surface area contributed by atoms with E-state index >= 15 is 0 Å². The molecular weight excluding hydrogens is 332 g/mol. The van der Waals surface area contributed by atoms with Crippen molar-refractivity contribution in [2.75, 3.05) is 11.9 Å². The molecular formula is C16H19ClN4OS. The monoisotopic (exact) mass is 350 g/mol. The molecule has 3 aromatic rings. The molecule has 0 bridgehead atoms. The van der Waals surface area contributed by atoms with Crippen LogP contribution >= 0.6 is 22.9 Å². The molecule has 0 saturated carbocycles.